The maximum absolute atomic E-state index is 13.4. The van der Waals surface area contributed by atoms with Crippen molar-refractivity contribution in [2.75, 3.05) is 17.7 Å². The third-order valence-corrected chi connectivity index (χ3v) is 2.31. The van der Waals surface area contributed by atoms with Crippen LogP contribution in [0.5, 0.6) is 0 Å². The highest BCUT2D eigenvalue weighted by Gasteiger charge is 2.08. The summed E-state index contributed by atoms with van der Waals surface area (Å²) in [7, 11) is 1.73. The molecular weight excluding hydrogens is 233 g/mol. The van der Waals surface area contributed by atoms with Gasteiger partial charge in [-0.3, -0.25) is 0 Å². The molecule has 2 N–H and O–H groups in total. The van der Waals surface area contributed by atoms with Crippen LogP contribution in [0, 0.1) is 17.1 Å². The predicted molar refractivity (Wildman–Crippen MR) is 66.0 cm³/mol. The molecule has 1 aromatic carbocycles. The molecule has 0 radical (unpaired) electrons. The SMILES string of the molecule is CNc1cc(Nc2cccc(F)c2C#N)ncn1. The van der Waals surface area contributed by atoms with Gasteiger partial charge < -0.3 is 10.6 Å². The normalized spacial score (nSPS) is 9.61. The highest BCUT2D eigenvalue weighted by Crippen LogP contribution is 2.22. The number of halogens is 1. The molecule has 0 fully saturated rings. The summed E-state index contributed by atoms with van der Waals surface area (Å²) in [6.07, 6.45) is 1.37. The zero-order valence-corrected chi connectivity index (χ0v) is 9.61. The number of hydrogen-bond donors (Lipinski definition) is 2. The van der Waals surface area contributed by atoms with Crippen molar-refractivity contribution in [1.82, 2.24) is 9.97 Å². The average molecular weight is 243 g/mol. The molecule has 0 amide bonds. The molecule has 2 aromatic rings. The summed E-state index contributed by atoms with van der Waals surface area (Å²) in [5.41, 5.74) is 0.334. The first kappa shape index (κ1) is 11.8. The summed E-state index contributed by atoms with van der Waals surface area (Å²) in [6, 6.07) is 7.85. The molecule has 90 valence electrons. The highest BCUT2D eigenvalue weighted by molar-refractivity contribution is 5.65. The van der Waals surface area contributed by atoms with Crippen LogP contribution < -0.4 is 10.6 Å². The number of rotatable bonds is 3. The van der Waals surface area contributed by atoms with E-state index in [2.05, 4.69) is 20.6 Å². The van der Waals surface area contributed by atoms with Gasteiger partial charge in [0.1, 0.15) is 35.4 Å². The molecule has 0 saturated heterocycles. The van der Waals surface area contributed by atoms with Gasteiger partial charge in [-0.15, -0.1) is 0 Å². The van der Waals surface area contributed by atoms with Gasteiger partial charge in [0, 0.05) is 13.1 Å². The number of anilines is 3. The third kappa shape index (κ3) is 2.35. The quantitative estimate of drug-likeness (QED) is 0.865. The molecule has 0 spiro atoms. The Morgan fingerprint density at radius 1 is 1.28 bits per heavy atom. The third-order valence-electron chi connectivity index (χ3n) is 2.31. The monoisotopic (exact) mass is 243 g/mol. The van der Waals surface area contributed by atoms with Gasteiger partial charge in [0.25, 0.3) is 0 Å². The van der Waals surface area contributed by atoms with Crippen LogP contribution >= 0.6 is 0 Å². The zero-order valence-electron chi connectivity index (χ0n) is 9.61. The van der Waals surface area contributed by atoms with E-state index in [-0.39, 0.29) is 5.56 Å². The van der Waals surface area contributed by atoms with Crippen LogP contribution in [0.3, 0.4) is 0 Å². The summed E-state index contributed by atoms with van der Waals surface area (Å²) >= 11 is 0. The van der Waals surface area contributed by atoms with E-state index in [0.29, 0.717) is 17.3 Å². The van der Waals surface area contributed by atoms with Crippen LogP contribution in [-0.4, -0.2) is 17.0 Å². The Bertz CT molecular complexity index is 606. The summed E-state index contributed by atoms with van der Waals surface area (Å²) < 4.78 is 13.4. The molecule has 5 nitrogen and oxygen atoms in total. The minimum atomic E-state index is -0.564. The summed E-state index contributed by atoms with van der Waals surface area (Å²) in [5.74, 6) is 0.546. The molecule has 1 aromatic heterocycles. The minimum Gasteiger partial charge on any atom is -0.373 e. The van der Waals surface area contributed by atoms with E-state index < -0.39 is 5.82 Å². The van der Waals surface area contributed by atoms with Crippen molar-refractivity contribution in [2.24, 2.45) is 0 Å². The first-order valence-corrected chi connectivity index (χ1v) is 5.20. The molecule has 0 aliphatic carbocycles. The Morgan fingerprint density at radius 3 is 2.78 bits per heavy atom. The van der Waals surface area contributed by atoms with Crippen LogP contribution in [0.25, 0.3) is 0 Å². The number of nitriles is 1. The lowest BCUT2D eigenvalue weighted by Gasteiger charge is -2.08. The van der Waals surface area contributed by atoms with Gasteiger partial charge in [0.05, 0.1) is 5.69 Å². The van der Waals surface area contributed by atoms with E-state index in [1.165, 1.54) is 18.5 Å². The second kappa shape index (κ2) is 5.10. The lowest BCUT2D eigenvalue weighted by molar-refractivity contribution is 0.624. The van der Waals surface area contributed by atoms with Crippen molar-refractivity contribution >= 4 is 17.3 Å². The number of nitrogens with one attached hydrogen (secondary N) is 2. The number of nitrogens with zero attached hydrogens (tertiary/aromatic N) is 3. The van der Waals surface area contributed by atoms with E-state index in [0.717, 1.165) is 0 Å². The zero-order chi connectivity index (χ0) is 13.0. The molecule has 0 unspecified atom stereocenters. The molecule has 1 heterocycles. The first-order chi connectivity index (χ1) is 8.74. The Kier molecular flexibility index (Phi) is 3.34. The Labute approximate surface area is 103 Å². The van der Waals surface area contributed by atoms with Crippen LogP contribution in [0.1, 0.15) is 5.56 Å². The van der Waals surface area contributed by atoms with Crippen molar-refractivity contribution < 1.29 is 4.39 Å². The molecule has 0 aliphatic heterocycles. The van der Waals surface area contributed by atoms with Crippen LogP contribution in [0.2, 0.25) is 0 Å². The van der Waals surface area contributed by atoms with Gasteiger partial charge >= 0.3 is 0 Å². The lowest BCUT2D eigenvalue weighted by Crippen LogP contribution is -2.00. The average Bonchev–Trinajstić information content (AvgIpc) is 2.39. The molecule has 18 heavy (non-hydrogen) atoms. The molecule has 0 atom stereocenters. The molecule has 0 aliphatic rings. The van der Waals surface area contributed by atoms with Crippen LogP contribution in [0.15, 0.2) is 30.6 Å². The molecule has 6 heteroatoms. The highest BCUT2D eigenvalue weighted by atomic mass is 19.1. The second-order valence-electron chi connectivity index (χ2n) is 3.44. The number of aromatic nitrogens is 2. The van der Waals surface area contributed by atoms with Crippen molar-refractivity contribution in [3.8, 4) is 6.07 Å². The first-order valence-electron chi connectivity index (χ1n) is 5.20. The molecule has 0 bridgehead atoms. The second-order valence-corrected chi connectivity index (χ2v) is 3.44. The van der Waals surface area contributed by atoms with E-state index >= 15 is 0 Å². The minimum absolute atomic E-state index is 0.0397. The van der Waals surface area contributed by atoms with Gasteiger partial charge in [0.2, 0.25) is 0 Å². The molecular formula is C12H10FN5. The largest absolute Gasteiger partial charge is 0.373 e. The van der Waals surface area contributed by atoms with E-state index in [4.69, 9.17) is 5.26 Å². The van der Waals surface area contributed by atoms with Gasteiger partial charge in [-0.25, -0.2) is 14.4 Å². The smallest absolute Gasteiger partial charge is 0.143 e. The Hall–Kier alpha value is -2.68. The number of benzene rings is 1. The van der Waals surface area contributed by atoms with E-state index in [1.54, 1.807) is 19.2 Å². The van der Waals surface area contributed by atoms with Crippen molar-refractivity contribution in [2.45, 2.75) is 0 Å². The Morgan fingerprint density at radius 2 is 2.06 bits per heavy atom. The van der Waals surface area contributed by atoms with Crippen LogP contribution in [-0.2, 0) is 0 Å². The van der Waals surface area contributed by atoms with Gasteiger partial charge in [-0.1, -0.05) is 6.07 Å². The topological polar surface area (TPSA) is 73.6 Å². The standard InChI is InChI=1S/C12H10FN5/c1-15-11-5-12(17-7-16-11)18-10-4-2-3-9(13)8(10)6-14/h2-5,7H,1H3,(H2,15,16,17,18). The molecule has 2 rings (SSSR count). The summed E-state index contributed by atoms with van der Waals surface area (Å²) in [5, 5.41) is 14.7. The fraction of sp³-hybridized carbons (Fsp3) is 0.0833. The summed E-state index contributed by atoms with van der Waals surface area (Å²) in [4.78, 5) is 7.95. The molecule has 0 saturated carbocycles. The van der Waals surface area contributed by atoms with Gasteiger partial charge in [0.15, 0.2) is 0 Å². The lowest BCUT2D eigenvalue weighted by atomic mass is 10.2. The van der Waals surface area contributed by atoms with Crippen molar-refractivity contribution in [1.29, 1.82) is 5.26 Å². The predicted octanol–water partition coefficient (Wildman–Crippen LogP) is 2.27. The maximum atomic E-state index is 13.4. The fourth-order valence-electron chi connectivity index (χ4n) is 1.44. The van der Waals surface area contributed by atoms with Gasteiger partial charge in [-0.2, -0.15) is 5.26 Å². The summed E-state index contributed by atoms with van der Waals surface area (Å²) in [6.45, 7) is 0. The van der Waals surface area contributed by atoms with Crippen molar-refractivity contribution in [3.63, 3.8) is 0 Å². The Balaban J connectivity index is 2.34. The van der Waals surface area contributed by atoms with E-state index in [1.807, 2.05) is 6.07 Å². The van der Waals surface area contributed by atoms with Crippen molar-refractivity contribution in [3.05, 3.63) is 42.0 Å². The fourth-order valence-corrected chi connectivity index (χ4v) is 1.44. The van der Waals surface area contributed by atoms with Crippen LogP contribution in [0.4, 0.5) is 21.7 Å². The van der Waals surface area contributed by atoms with Gasteiger partial charge in [-0.05, 0) is 12.1 Å². The number of hydrogen-bond acceptors (Lipinski definition) is 5. The van der Waals surface area contributed by atoms with E-state index in [9.17, 15) is 4.39 Å². The maximum Gasteiger partial charge on any atom is 0.143 e.